The monoisotopic (exact) mass is 248 g/mol. The highest BCUT2D eigenvalue weighted by atomic mass is 19.1. The number of nitrogens with one attached hydrogen (secondary N) is 1. The molecule has 0 spiro atoms. The van der Waals surface area contributed by atoms with Gasteiger partial charge in [0.15, 0.2) is 0 Å². The Morgan fingerprint density at radius 2 is 2.22 bits per heavy atom. The smallest absolute Gasteiger partial charge is 0.248 e. The molecule has 1 aromatic rings. The van der Waals surface area contributed by atoms with E-state index in [4.69, 9.17) is 12.2 Å². The minimum Gasteiger partial charge on any atom is -0.366 e. The molecule has 0 unspecified atom stereocenters. The Bertz CT molecular complexity index is 452. The lowest BCUT2D eigenvalue weighted by Gasteiger charge is -2.07. The average Bonchev–Trinajstić information content (AvgIpc) is 2.35. The molecule has 0 heterocycles. The van der Waals surface area contributed by atoms with E-state index in [0.717, 1.165) is 25.8 Å². The number of carbonyl (C=O) groups is 1. The number of carbonyl (C=O) groups excluding carboxylic acids is 1. The van der Waals surface area contributed by atoms with Gasteiger partial charge in [0.25, 0.3) is 0 Å². The van der Waals surface area contributed by atoms with Crippen molar-refractivity contribution in [3.8, 4) is 12.3 Å². The Hall–Kier alpha value is -1.86. The number of hydrogen-bond acceptors (Lipinski definition) is 2. The van der Waals surface area contributed by atoms with Crippen LogP contribution >= 0.6 is 0 Å². The second-order valence-corrected chi connectivity index (χ2v) is 4.01. The molecule has 0 saturated carbocycles. The summed E-state index contributed by atoms with van der Waals surface area (Å²) < 4.78 is 13.4. The van der Waals surface area contributed by atoms with Crippen LogP contribution in [0.4, 0.5) is 4.39 Å². The summed E-state index contributed by atoms with van der Waals surface area (Å²) in [5.74, 6) is 1.68. The minimum atomic E-state index is -0.551. The Balaban J connectivity index is 2.44. The first kappa shape index (κ1) is 14.2. The summed E-state index contributed by atoms with van der Waals surface area (Å²) in [4.78, 5) is 11.0. The zero-order valence-corrected chi connectivity index (χ0v) is 10.2. The number of halogens is 1. The van der Waals surface area contributed by atoms with Crippen molar-refractivity contribution >= 4 is 5.91 Å². The molecule has 3 N–H and O–H groups in total. The number of terminal acetylenes is 1. The molecule has 3 nitrogen and oxygen atoms in total. The Morgan fingerprint density at radius 1 is 1.44 bits per heavy atom. The van der Waals surface area contributed by atoms with Crippen molar-refractivity contribution in [2.75, 3.05) is 6.54 Å². The molecule has 18 heavy (non-hydrogen) atoms. The van der Waals surface area contributed by atoms with E-state index in [1.54, 1.807) is 0 Å². The second-order valence-electron chi connectivity index (χ2n) is 4.01. The normalized spacial score (nSPS) is 10.0. The van der Waals surface area contributed by atoms with Gasteiger partial charge in [0.2, 0.25) is 5.91 Å². The molecule has 0 radical (unpaired) electrons. The van der Waals surface area contributed by atoms with Crippen molar-refractivity contribution in [2.24, 2.45) is 5.73 Å². The first-order valence-electron chi connectivity index (χ1n) is 5.87. The highest BCUT2D eigenvalue weighted by Crippen LogP contribution is 2.10. The van der Waals surface area contributed by atoms with Crippen LogP contribution < -0.4 is 11.1 Å². The molecule has 0 aliphatic carbocycles. The number of primary amides is 1. The summed E-state index contributed by atoms with van der Waals surface area (Å²) in [5, 5.41) is 3.11. The van der Waals surface area contributed by atoms with Crippen LogP contribution in [0.5, 0.6) is 0 Å². The van der Waals surface area contributed by atoms with Crippen molar-refractivity contribution in [1.29, 1.82) is 0 Å². The van der Waals surface area contributed by atoms with Crippen molar-refractivity contribution in [3.05, 3.63) is 35.1 Å². The predicted octanol–water partition coefficient (Wildman–Crippen LogP) is 1.82. The third-order valence-corrected chi connectivity index (χ3v) is 2.57. The van der Waals surface area contributed by atoms with E-state index in [2.05, 4.69) is 11.2 Å². The molecular formula is C14H17FN2O. The molecule has 0 aliphatic heterocycles. The van der Waals surface area contributed by atoms with E-state index in [1.165, 1.54) is 18.2 Å². The lowest BCUT2D eigenvalue weighted by atomic mass is 10.1. The van der Waals surface area contributed by atoms with Crippen LogP contribution in [0.1, 0.15) is 35.2 Å². The van der Waals surface area contributed by atoms with E-state index < -0.39 is 5.91 Å². The lowest BCUT2D eigenvalue weighted by molar-refractivity contribution is 0.1000. The maximum absolute atomic E-state index is 13.4. The first-order valence-corrected chi connectivity index (χ1v) is 5.87. The molecule has 0 atom stereocenters. The Morgan fingerprint density at radius 3 is 2.89 bits per heavy atom. The molecular weight excluding hydrogens is 231 g/mol. The minimum absolute atomic E-state index is 0.320. The van der Waals surface area contributed by atoms with Gasteiger partial charge in [-0.1, -0.05) is 0 Å². The number of amides is 1. The van der Waals surface area contributed by atoms with Gasteiger partial charge in [-0.05, 0) is 37.6 Å². The number of benzene rings is 1. The van der Waals surface area contributed by atoms with E-state index in [1.807, 2.05) is 0 Å². The number of unbranched alkanes of at least 4 members (excludes halogenated alkanes) is 2. The summed E-state index contributed by atoms with van der Waals surface area (Å²) in [6, 6.07) is 4.12. The van der Waals surface area contributed by atoms with E-state index in [9.17, 15) is 9.18 Å². The van der Waals surface area contributed by atoms with E-state index >= 15 is 0 Å². The first-order chi connectivity index (χ1) is 8.65. The molecule has 1 amide bonds. The van der Waals surface area contributed by atoms with Crippen LogP contribution in [0.25, 0.3) is 0 Å². The number of rotatable bonds is 7. The summed E-state index contributed by atoms with van der Waals surface area (Å²) in [6.07, 6.45) is 7.79. The van der Waals surface area contributed by atoms with Crippen molar-refractivity contribution in [2.45, 2.75) is 25.8 Å². The van der Waals surface area contributed by atoms with Crippen LogP contribution in [0.2, 0.25) is 0 Å². The predicted molar refractivity (Wildman–Crippen MR) is 69.3 cm³/mol. The maximum atomic E-state index is 13.4. The Kier molecular flexibility index (Phi) is 5.89. The van der Waals surface area contributed by atoms with Crippen LogP contribution in [0.15, 0.2) is 18.2 Å². The van der Waals surface area contributed by atoms with Gasteiger partial charge >= 0.3 is 0 Å². The van der Waals surface area contributed by atoms with E-state index in [-0.39, 0.29) is 5.82 Å². The molecule has 0 aromatic heterocycles. The second kappa shape index (κ2) is 7.46. The van der Waals surface area contributed by atoms with Gasteiger partial charge in [-0.25, -0.2) is 4.39 Å². The molecule has 4 heteroatoms. The maximum Gasteiger partial charge on any atom is 0.248 e. The molecule has 0 bridgehead atoms. The summed E-state index contributed by atoms with van der Waals surface area (Å²) in [6.45, 7) is 1.14. The van der Waals surface area contributed by atoms with Crippen LogP contribution in [0.3, 0.4) is 0 Å². The largest absolute Gasteiger partial charge is 0.366 e. The Labute approximate surface area is 107 Å². The van der Waals surface area contributed by atoms with Crippen molar-refractivity contribution in [1.82, 2.24) is 5.32 Å². The number of hydrogen-bond donors (Lipinski definition) is 2. The van der Waals surface area contributed by atoms with Gasteiger partial charge in [-0.3, -0.25) is 4.79 Å². The molecule has 0 saturated heterocycles. The highest BCUT2D eigenvalue weighted by Gasteiger charge is 2.06. The van der Waals surface area contributed by atoms with Crippen molar-refractivity contribution < 1.29 is 9.18 Å². The molecule has 0 fully saturated rings. The van der Waals surface area contributed by atoms with Gasteiger partial charge in [0.05, 0.1) is 0 Å². The lowest BCUT2D eigenvalue weighted by Crippen LogP contribution is -2.17. The van der Waals surface area contributed by atoms with Gasteiger partial charge in [0, 0.05) is 24.1 Å². The van der Waals surface area contributed by atoms with Gasteiger partial charge in [-0.15, -0.1) is 12.3 Å². The molecule has 1 aromatic carbocycles. The average molecular weight is 248 g/mol. The fourth-order valence-electron chi connectivity index (χ4n) is 1.56. The van der Waals surface area contributed by atoms with E-state index in [0.29, 0.717) is 17.7 Å². The molecule has 1 rings (SSSR count). The zero-order valence-electron chi connectivity index (χ0n) is 10.2. The van der Waals surface area contributed by atoms with Crippen molar-refractivity contribution in [3.63, 3.8) is 0 Å². The summed E-state index contributed by atoms with van der Waals surface area (Å²) >= 11 is 0. The molecule has 0 aliphatic rings. The van der Waals surface area contributed by atoms with Crippen LogP contribution in [-0.2, 0) is 6.54 Å². The fourth-order valence-corrected chi connectivity index (χ4v) is 1.56. The zero-order chi connectivity index (χ0) is 13.4. The quantitative estimate of drug-likeness (QED) is 0.571. The standard InChI is InChI=1S/C14H17FN2O/c1-2-3-4-5-8-17-10-12-9-11(14(16)18)6-7-13(12)15/h1,6-7,9,17H,3-5,8,10H2,(H2,16,18). The van der Waals surface area contributed by atoms with Gasteiger partial charge in [-0.2, -0.15) is 0 Å². The highest BCUT2D eigenvalue weighted by molar-refractivity contribution is 5.92. The topological polar surface area (TPSA) is 55.1 Å². The van der Waals surface area contributed by atoms with Gasteiger partial charge < -0.3 is 11.1 Å². The fraction of sp³-hybridized carbons (Fsp3) is 0.357. The number of nitrogens with two attached hydrogens (primary N) is 1. The summed E-state index contributed by atoms with van der Waals surface area (Å²) in [7, 11) is 0. The SMILES string of the molecule is C#CCCCCNCc1cc(C(N)=O)ccc1F. The third-order valence-electron chi connectivity index (χ3n) is 2.57. The molecule has 96 valence electrons. The van der Waals surface area contributed by atoms with Crippen LogP contribution in [0, 0.1) is 18.2 Å². The van der Waals surface area contributed by atoms with Gasteiger partial charge in [0.1, 0.15) is 5.82 Å². The third kappa shape index (κ3) is 4.56. The summed E-state index contributed by atoms with van der Waals surface area (Å²) in [5.41, 5.74) is 5.91. The van der Waals surface area contributed by atoms with Crippen LogP contribution in [-0.4, -0.2) is 12.5 Å².